The quantitative estimate of drug-likeness (QED) is 0.0979. The molecular weight excluding hydrogens is 747 g/mol. The Hall–Kier alpha value is -5.16. The van der Waals surface area contributed by atoms with Crippen molar-refractivity contribution in [3.05, 3.63) is 148 Å². The highest BCUT2D eigenvalue weighted by molar-refractivity contribution is 6.32. The summed E-state index contributed by atoms with van der Waals surface area (Å²) in [6.45, 7) is 5.70. The molecule has 0 radical (unpaired) electrons. The first-order valence-electron chi connectivity index (χ1n) is 17.7. The van der Waals surface area contributed by atoms with Gasteiger partial charge in [0.25, 0.3) is 0 Å². The van der Waals surface area contributed by atoms with Crippen LogP contribution in [0.25, 0.3) is 6.08 Å². The predicted molar refractivity (Wildman–Crippen MR) is 213 cm³/mol. The number of ether oxygens (including phenoxy) is 4. The van der Waals surface area contributed by atoms with Gasteiger partial charge in [-0.25, -0.2) is 4.98 Å². The Labute approximate surface area is 331 Å². The lowest BCUT2D eigenvalue weighted by Crippen LogP contribution is -2.47. The van der Waals surface area contributed by atoms with E-state index in [1.54, 1.807) is 42.5 Å². The van der Waals surface area contributed by atoms with Gasteiger partial charge in [-0.05, 0) is 90.2 Å². The minimum absolute atomic E-state index is 0. The van der Waals surface area contributed by atoms with Gasteiger partial charge in [0, 0.05) is 51.3 Å². The summed E-state index contributed by atoms with van der Waals surface area (Å²) in [5.41, 5.74) is 6.06. The van der Waals surface area contributed by atoms with Crippen LogP contribution in [-0.2, 0) is 24.4 Å². The summed E-state index contributed by atoms with van der Waals surface area (Å²) < 4.78 is 46.7. The van der Waals surface area contributed by atoms with Gasteiger partial charge in [0.05, 0.1) is 17.8 Å². The first-order valence-corrected chi connectivity index (χ1v) is 18.1. The molecule has 12 heteroatoms. The number of benzene rings is 4. The zero-order chi connectivity index (χ0) is 37.9. The highest BCUT2D eigenvalue weighted by Crippen LogP contribution is 2.34. The normalized spacial score (nSPS) is 13.1. The number of hydrogen-bond acceptors (Lipinski definition) is 7. The van der Waals surface area contributed by atoms with Crippen molar-refractivity contribution in [1.29, 1.82) is 0 Å². The van der Waals surface area contributed by atoms with Crippen molar-refractivity contribution in [1.82, 2.24) is 14.8 Å². The van der Waals surface area contributed by atoms with E-state index in [-0.39, 0.29) is 30.7 Å². The maximum absolute atomic E-state index is 13.1. The Morgan fingerprint density at radius 2 is 1.47 bits per heavy atom. The van der Waals surface area contributed by atoms with Crippen molar-refractivity contribution >= 4 is 36.0 Å². The average Bonchev–Trinajstić information content (AvgIpc) is 3.17. The second kappa shape index (κ2) is 20.0. The molecule has 4 aromatic carbocycles. The molecule has 0 unspecified atom stereocenters. The van der Waals surface area contributed by atoms with Crippen molar-refractivity contribution in [2.75, 3.05) is 32.8 Å². The lowest BCUT2D eigenvalue weighted by Gasteiger charge is -2.34. The van der Waals surface area contributed by atoms with Crippen LogP contribution >= 0.6 is 24.0 Å². The third-order valence-corrected chi connectivity index (χ3v) is 9.21. The fourth-order valence-corrected chi connectivity index (χ4v) is 6.24. The number of pyridine rings is 1. The van der Waals surface area contributed by atoms with Crippen LogP contribution in [0, 0.1) is 13.8 Å². The largest absolute Gasteiger partial charge is 0.493 e. The molecule has 0 spiro atoms. The Kier molecular flexibility index (Phi) is 14.9. The maximum Gasteiger partial charge on any atom is 0.387 e. The summed E-state index contributed by atoms with van der Waals surface area (Å²) in [5, 5.41) is 0.390. The van der Waals surface area contributed by atoms with Crippen LogP contribution in [0.2, 0.25) is 5.02 Å². The molecule has 288 valence electrons. The summed E-state index contributed by atoms with van der Waals surface area (Å²) in [6, 6.07) is 30.1. The third-order valence-electron chi connectivity index (χ3n) is 8.93. The van der Waals surface area contributed by atoms with E-state index in [4.69, 9.17) is 25.8 Å². The van der Waals surface area contributed by atoms with E-state index in [2.05, 4.69) is 57.9 Å². The number of piperazine rings is 1. The number of alkyl halides is 2. The molecule has 1 aromatic heterocycles. The minimum atomic E-state index is -2.87. The van der Waals surface area contributed by atoms with Gasteiger partial charge in [-0.3, -0.25) is 9.69 Å². The summed E-state index contributed by atoms with van der Waals surface area (Å²) >= 11 is 6.61. The zero-order valence-corrected chi connectivity index (χ0v) is 32.2. The second-order valence-corrected chi connectivity index (χ2v) is 13.5. The lowest BCUT2D eigenvalue weighted by molar-refractivity contribution is -0.127. The summed E-state index contributed by atoms with van der Waals surface area (Å²) in [6.07, 6.45) is 5.74. The molecule has 1 aliphatic rings. The minimum Gasteiger partial charge on any atom is -0.493 e. The molecule has 6 rings (SSSR count). The van der Waals surface area contributed by atoms with Crippen molar-refractivity contribution in [3.8, 4) is 28.9 Å². The summed E-state index contributed by atoms with van der Waals surface area (Å²) in [5.74, 6) is 2.24. The third kappa shape index (κ3) is 12.4. The highest BCUT2D eigenvalue weighted by Gasteiger charge is 2.20. The molecule has 1 amide bonds. The number of hydrogen-bond donors (Lipinski definition) is 0. The monoisotopic (exact) mass is 789 g/mol. The van der Waals surface area contributed by atoms with Gasteiger partial charge in [0.15, 0.2) is 5.75 Å². The van der Waals surface area contributed by atoms with E-state index in [9.17, 15) is 13.6 Å². The molecule has 5 aromatic rings. The topological polar surface area (TPSA) is 73.4 Å². The average molecular weight is 791 g/mol. The number of aromatic nitrogens is 1. The Morgan fingerprint density at radius 1 is 0.818 bits per heavy atom. The van der Waals surface area contributed by atoms with Gasteiger partial charge >= 0.3 is 6.61 Å². The number of nitrogens with zero attached hydrogens (tertiary/aromatic N) is 3. The number of aryl methyl sites for hydroxylation is 2. The van der Waals surface area contributed by atoms with Crippen LogP contribution in [-0.4, -0.2) is 60.1 Å². The van der Waals surface area contributed by atoms with Crippen molar-refractivity contribution in [3.63, 3.8) is 0 Å². The Bertz CT molecular complexity index is 1980. The van der Waals surface area contributed by atoms with Crippen LogP contribution in [0.5, 0.6) is 28.9 Å². The molecule has 1 aliphatic heterocycles. The molecular formula is C43H43Cl2F2N3O5. The SMILES string of the molecule is Cc1ccc(OCCc2ccc(CN3CCN(C(=O)/C=C/c4cc(C)c(Oc5ccc(OCc6ccc(OC(F)F)cc6)cn5)c(Cl)c4)CC3)cc2)cc1.Cl. The summed E-state index contributed by atoms with van der Waals surface area (Å²) in [4.78, 5) is 21.6. The second-order valence-electron chi connectivity index (χ2n) is 13.1. The van der Waals surface area contributed by atoms with E-state index in [0.717, 1.165) is 48.5 Å². The van der Waals surface area contributed by atoms with E-state index in [1.165, 1.54) is 35.0 Å². The lowest BCUT2D eigenvalue weighted by atomic mass is 10.1. The van der Waals surface area contributed by atoms with E-state index in [1.807, 2.05) is 30.0 Å². The van der Waals surface area contributed by atoms with Crippen LogP contribution in [0.3, 0.4) is 0 Å². The van der Waals surface area contributed by atoms with Crippen LogP contribution in [0.4, 0.5) is 8.78 Å². The van der Waals surface area contributed by atoms with Gasteiger partial charge in [-0.1, -0.05) is 65.7 Å². The van der Waals surface area contributed by atoms with Gasteiger partial charge in [0.2, 0.25) is 11.8 Å². The molecule has 0 N–H and O–H groups in total. The molecule has 8 nitrogen and oxygen atoms in total. The Balaban J connectivity index is 0.00000580. The van der Waals surface area contributed by atoms with E-state index >= 15 is 0 Å². The van der Waals surface area contributed by atoms with E-state index in [0.29, 0.717) is 42.1 Å². The standard InChI is InChI=1S/C43H42ClF2N3O5.ClH/c1-30-3-12-36(13-4-30)51-24-19-32-5-7-33(8-6-32)28-48-20-22-49(23-21-48)41(50)18-11-35-25-31(2)42(39(44)26-35)54-40-17-16-38(27-47-40)52-29-34-9-14-37(15-10-34)53-43(45)46;/h3-18,25-27,43H,19-24,28-29H2,1-2H3;1H/b18-11+;. The van der Waals surface area contributed by atoms with E-state index < -0.39 is 6.61 Å². The zero-order valence-electron chi connectivity index (χ0n) is 30.6. The van der Waals surface area contributed by atoms with Gasteiger partial charge in [-0.2, -0.15) is 8.78 Å². The number of halogens is 4. The van der Waals surface area contributed by atoms with Gasteiger partial charge in [-0.15, -0.1) is 12.4 Å². The molecule has 0 aliphatic carbocycles. The van der Waals surface area contributed by atoms with Gasteiger partial charge < -0.3 is 23.8 Å². The summed E-state index contributed by atoms with van der Waals surface area (Å²) in [7, 11) is 0. The highest BCUT2D eigenvalue weighted by atomic mass is 35.5. The molecule has 0 atom stereocenters. The fourth-order valence-electron chi connectivity index (χ4n) is 5.92. The van der Waals surface area contributed by atoms with Crippen molar-refractivity contribution in [2.45, 2.75) is 40.0 Å². The molecule has 2 heterocycles. The van der Waals surface area contributed by atoms with Crippen molar-refractivity contribution < 1.29 is 32.5 Å². The van der Waals surface area contributed by atoms with Crippen LogP contribution in [0.1, 0.15) is 33.4 Å². The van der Waals surface area contributed by atoms with Crippen molar-refractivity contribution in [2.24, 2.45) is 0 Å². The molecule has 1 saturated heterocycles. The van der Waals surface area contributed by atoms with Crippen LogP contribution < -0.4 is 18.9 Å². The number of carbonyl (C=O) groups is 1. The number of rotatable bonds is 15. The Morgan fingerprint density at radius 3 is 2.13 bits per heavy atom. The van der Waals surface area contributed by atoms with Gasteiger partial charge in [0.1, 0.15) is 23.9 Å². The first-order chi connectivity index (χ1) is 26.2. The fraction of sp³-hybridized carbons (Fsp3) is 0.256. The number of carbonyl (C=O) groups excluding carboxylic acids is 1. The molecule has 0 saturated carbocycles. The smallest absolute Gasteiger partial charge is 0.387 e. The maximum atomic E-state index is 13.1. The number of amides is 1. The first kappa shape index (κ1) is 41.0. The molecule has 0 bridgehead atoms. The predicted octanol–water partition coefficient (Wildman–Crippen LogP) is 9.73. The van der Waals surface area contributed by atoms with Crippen LogP contribution in [0.15, 0.2) is 109 Å². The molecule has 1 fully saturated rings. The molecule has 55 heavy (non-hydrogen) atoms.